The number of para-hydroxylation sites is 1. The molecule has 0 aliphatic carbocycles. The van der Waals surface area contributed by atoms with Crippen LogP contribution in [0.2, 0.25) is 0 Å². The molecule has 134 valence electrons. The first-order chi connectivity index (χ1) is 11.9. The van der Waals surface area contributed by atoms with Crippen LogP contribution in [0, 0.1) is 12.7 Å². The van der Waals surface area contributed by atoms with Crippen molar-refractivity contribution in [3.8, 4) is 0 Å². The second-order valence-corrected chi connectivity index (χ2v) is 5.95. The number of hydroxylamine groups is 1. The normalized spacial score (nSPS) is 10.6. The SMILES string of the molecule is Cc1c(N(I)c2ccccc2F)c(C(=O)NOCCO)nn(C)c1=O. The average Bonchev–Trinajstić information content (AvgIpc) is 2.59. The maximum atomic E-state index is 14.1. The lowest BCUT2D eigenvalue weighted by Crippen LogP contribution is -2.33. The van der Waals surface area contributed by atoms with Crippen LogP contribution in [0.4, 0.5) is 15.8 Å². The number of nitrogens with one attached hydrogen (secondary N) is 1. The van der Waals surface area contributed by atoms with E-state index in [4.69, 9.17) is 9.94 Å². The van der Waals surface area contributed by atoms with Crippen LogP contribution in [0.25, 0.3) is 0 Å². The number of aryl methyl sites for hydroxylation is 1. The van der Waals surface area contributed by atoms with E-state index in [9.17, 15) is 14.0 Å². The minimum Gasteiger partial charge on any atom is -0.394 e. The molecule has 0 unspecified atom stereocenters. The molecule has 2 N–H and O–H groups in total. The van der Waals surface area contributed by atoms with Crippen molar-refractivity contribution in [2.45, 2.75) is 6.92 Å². The van der Waals surface area contributed by atoms with Gasteiger partial charge in [0.1, 0.15) is 5.82 Å². The number of aromatic nitrogens is 2. The summed E-state index contributed by atoms with van der Waals surface area (Å²) in [5, 5.41) is 12.7. The predicted molar refractivity (Wildman–Crippen MR) is 97.3 cm³/mol. The molecule has 0 saturated carbocycles. The Morgan fingerprint density at radius 3 is 2.80 bits per heavy atom. The summed E-state index contributed by atoms with van der Waals surface area (Å²) < 4.78 is 16.5. The van der Waals surface area contributed by atoms with Crippen molar-refractivity contribution in [2.75, 3.05) is 16.3 Å². The molecule has 0 spiro atoms. The van der Waals surface area contributed by atoms with Gasteiger partial charge in [0.05, 0.1) is 47.5 Å². The fourth-order valence-corrected chi connectivity index (χ4v) is 3.08. The van der Waals surface area contributed by atoms with Gasteiger partial charge in [-0.1, -0.05) is 12.1 Å². The highest BCUT2D eigenvalue weighted by Gasteiger charge is 2.25. The first-order valence-corrected chi connectivity index (χ1v) is 8.16. The lowest BCUT2D eigenvalue weighted by molar-refractivity contribution is 0.0164. The van der Waals surface area contributed by atoms with Crippen molar-refractivity contribution in [1.82, 2.24) is 15.3 Å². The molecule has 0 aliphatic heterocycles. The highest BCUT2D eigenvalue weighted by atomic mass is 127. The molecule has 0 aliphatic rings. The molecule has 0 bridgehead atoms. The van der Waals surface area contributed by atoms with E-state index in [2.05, 4.69) is 10.6 Å². The zero-order valence-electron chi connectivity index (χ0n) is 13.5. The number of hydrogen-bond donors (Lipinski definition) is 2. The van der Waals surface area contributed by atoms with Crippen LogP contribution in [0.3, 0.4) is 0 Å². The predicted octanol–water partition coefficient (Wildman–Crippen LogP) is 1.37. The molecule has 2 aromatic rings. The number of aliphatic hydroxyl groups is 1. The van der Waals surface area contributed by atoms with E-state index < -0.39 is 17.3 Å². The molecule has 0 atom stereocenters. The molecule has 1 aromatic carbocycles. The maximum Gasteiger partial charge on any atom is 0.297 e. The van der Waals surface area contributed by atoms with Gasteiger partial charge in [0.2, 0.25) is 0 Å². The number of aliphatic hydroxyl groups excluding tert-OH is 1. The third kappa shape index (κ3) is 4.14. The first-order valence-electron chi connectivity index (χ1n) is 7.19. The molecule has 1 amide bonds. The Hall–Kier alpha value is -2.05. The lowest BCUT2D eigenvalue weighted by atomic mass is 10.2. The zero-order chi connectivity index (χ0) is 18.6. The molecule has 1 aromatic heterocycles. The van der Waals surface area contributed by atoms with E-state index in [1.165, 1.54) is 35.3 Å². The fourth-order valence-electron chi connectivity index (χ4n) is 2.10. The molecule has 0 saturated heterocycles. The quantitative estimate of drug-likeness (QED) is 0.292. The van der Waals surface area contributed by atoms with E-state index in [0.29, 0.717) is 0 Å². The molecule has 0 radical (unpaired) electrons. The van der Waals surface area contributed by atoms with Crippen LogP contribution in [0.1, 0.15) is 16.1 Å². The van der Waals surface area contributed by atoms with Gasteiger partial charge in [0, 0.05) is 12.6 Å². The Balaban J connectivity index is 2.55. The van der Waals surface area contributed by atoms with Crippen LogP contribution in [0.15, 0.2) is 29.1 Å². The van der Waals surface area contributed by atoms with Gasteiger partial charge in [-0.05, 0) is 19.1 Å². The molecule has 25 heavy (non-hydrogen) atoms. The van der Waals surface area contributed by atoms with Crippen LogP contribution in [0.5, 0.6) is 0 Å². The summed E-state index contributed by atoms with van der Waals surface area (Å²) in [6, 6.07) is 5.96. The summed E-state index contributed by atoms with van der Waals surface area (Å²) in [5.41, 5.74) is 2.15. The number of hydrogen-bond acceptors (Lipinski definition) is 6. The number of carbonyl (C=O) groups excluding carboxylic acids is 1. The minimum atomic E-state index is -0.722. The van der Waals surface area contributed by atoms with Crippen LogP contribution < -0.4 is 14.2 Å². The fraction of sp³-hybridized carbons (Fsp3) is 0.267. The van der Waals surface area contributed by atoms with Gasteiger partial charge in [-0.2, -0.15) is 5.10 Å². The molecule has 0 fully saturated rings. The Morgan fingerprint density at radius 1 is 1.48 bits per heavy atom. The number of halogens is 2. The van der Waals surface area contributed by atoms with Gasteiger partial charge in [-0.25, -0.2) is 14.6 Å². The van der Waals surface area contributed by atoms with Crippen molar-refractivity contribution in [3.63, 3.8) is 0 Å². The lowest BCUT2D eigenvalue weighted by Gasteiger charge is -2.22. The van der Waals surface area contributed by atoms with Crippen molar-refractivity contribution in [3.05, 3.63) is 51.7 Å². The Kier molecular flexibility index (Phi) is 6.45. The van der Waals surface area contributed by atoms with Crippen LogP contribution >= 0.6 is 22.9 Å². The summed E-state index contributed by atoms with van der Waals surface area (Å²) >= 11 is 1.80. The summed E-state index contributed by atoms with van der Waals surface area (Å²) in [4.78, 5) is 29.4. The largest absolute Gasteiger partial charge is 0.394 e. The average molecular weight is 462 g/mol. The molecule has 1 heterocycles. The second kappa shape index (κ2) is 8.36. The van der Waals surface area contributed by atoms with Gasteiger partial charge < -0.3 is 5.11 Å². The zero-order valence-corrected chi connectivity index (χ0v) is 15.7. The Morgan fingerprint density at radius 2 is 2.16 bits per heavy atom. The highest BCUT2D eigenvalue weighted by Crippen LogP contribution is 2.34. The van der Waals surface area contributed by atoms with E-state index in [1.807, 2.05) is 0 Å². The molecular weight excluding hydrogens is 446 g/mol. The van der Waals surface area contributed by atoms with Gasteiger partial charge in [-0.15, -0.1) is 0 Å². The third-order valence-corrected chi connectivity index (χ3v) is 4.28. The van der Waals surface area contributed by atoms with E-state index >= 15 is 0 Å². The summed E-state index contributed by atoms with van der Waals surface area (Å²) in [6.45, 7) is 1.14. The number of anilines is 2. The van der Waals surface area contributed by atoms with Crippen LogP contribution in [-0.2, 0) is 11.9 Å². The van der Waals surface area contributed by atoms with Gasteiger partial charge in [0.25, 0.3) is 11.5 Å². The topological polar surface area (TPSA) is 96.7 Å². The third-order valence-electron chi connectivity index (χ3n) is 3.28. The first kappa shape index (κ1) is 19.3. The summed E-state index contributed by atoms with van der Waals surface area (Å²) in [5.74, 6) is -1.24. The van der Waals surface area contributed by atoms with Gasteiger partial charge in [-0.3, -0.25) is 17.5 Å². The van der Waals surface area contributed by atoms with Crippen LogP contribution in [-0.4, -0.2) is 34.0 Å². The Labute approximate surface area is 156 Å². The minimum absolute atomic E-state index is 0.104. The van der Waals surface area contributed by atoms with Gasteiger partial charge >= 0.3 is 0 Å². The maximum absolute atomic E-state index is 14.1. The van der Waals surface area contributed by atoms with Crippen molar-refractivity contribution >= 4 is 40.1 Å². The molecule has 2 rings (SSSR count). The smallest absolute Gasteiger partial charge is 0.297 e. The summed E-state index contributed by atoms with van der Waals surface area (Å²) in [7, 11) is 1.41. The van der Waals surface area contributed by atoms with Crippen molar-refractivity contribution < 1.29 is 19.1 Å². The second-order valence-electron chi connectivity index (χ2n) is 4.99. The number of benzene rings is 1. The number of carbonyl (C=O) groups is 1. The van der Waals surface area contributed by atoms with Crippen molar-refractivity contribution in [1.29, 1.82) is 0 Å². The Bertz CT molecular complexity index is 843. The number of rotatable bonds is 6. The van der Waals surface area contributed by atoms with E-state index in [1.54, 1.807) is 28.9 Å². The van der Waals surface area contributed by atoms with E-state index in [0.717, 1.165) is 4.68 Å². The standard InChI is InChI=1S/C15H16FIN4O4/c1-9-13(21(17)11-6-4-3-5-10(11)16)12(18-20(2)15(9)24)14(23)19-25-8-7-22/h3-6,22H,7-8H2,1-2H3,(H,19,23). The molecule has 8 nitrogen and oxygen atoms in total. The van der Waals surface area contributed by atoms with E-state index in [-0.39, 0.29) is 35.8 Å². The summed E-state index contributed by atoms with van der Waals surface area (Å²) in [6.07, 6.45) is 0. The molecular formula is C15H16FIN4O4. The van der Waals surface area contributed by atoms with Gasteiger partial charge in [0.15, 0.2) is 5.69 Å². The highest BCUT2D eigenvalue weighted by molar-refractivity contribution is 14.1. The monoisotopic (exact) mass is 462 g/mol. The molecule has 10 heteroatoms. The number of amides is 1. The number of nitrogens with zero attached hydrogens (tertiary/aromatic N) is 3. The van der Waals surface area contributed by atoms with Crippen molar-refractivity contribution in [2.24, 2.45) is 7.05 Å².